The number of carbonyl (C=O) groups is 1. The van der Waals surface area contributed by atoms with Crippen molar-refractivity contribution in [2.75, 3.05) is 13.1 Å². The predicted molar refractivity (Wildman–Crippen MR) is 82.7 cm³/mol. The Morgan fingerprint density at radius 2 is 2.10 bits per heavy atom. The molecule has 20 heavy (non-hydrogen) atoms. The molecule has 0 spiro atoms. The van der Waals surface area contributed by atoms with E-state index in [-0.39, 0.29) is 11.8 Å². The van der Waals surface area contributed by atoms with Crippen LogP contribution >= 0.6 is 12.2 Å². The van der Waals surface area contributed by atoms with Gasteiger partial charge < -0.3 is 10.6 Å². The van der Waals surface area contributed by atoms with Crippen molar-refractivity contribution in [2.24, 2.45) is 11.7 Å². The van der Waals surface area contributed by atoms with E-state index in [0.717, 1.165) is 38.0 Å². The summed E-state index contributed by atoms with van der Waals surface area (Å²) in [6.45, 7) is 6.20. The second-order valence-corrected chi connectivity index (χ2v) is 5.63. The summed E-state index contributed by atoms with van der Waals surface area (Å²) in [5, 5.41) is 4.43. The summed E-state index contributed by atoms with van der Waals surface area (Å²) in [6.07, 6.45) is 2.57. The first-order valence-corrected chi connectivity index (χ1v) is 7.62. The summed E-state index contributed by atoms with van der Waals surface area (Å²) < 4.78 is 1.79. The van der Waals surface area contributed by atoms with Gasteiger partial charge in [-0.15, -0.1) is 0 Å². The molecule has 2 rings (SSSR count). The smallest absolute Gasteiger partial charge is 0.272 e. The second kappa shape index (κ2) is 6.35. The number of amides is 1. The van der Waals surface area contributed by atoms with E-state index in [1.165, 1.54) is 0 Å². The van der Waals surface area contributed by atoms with Crippen LogP contribution in [0.5, 0.6) is 0 Å². The quantitative estimate of drug-likeness (QED) is 0.857. The highest BCUT2D eigenvalue weighted by Gasteiger charge is 2.26. The molecule has 0 saturated carbocycles. The van der Waals surface area contributed by atoms with Gasteiger partial charge in [0.2, 0.25) is 0 Å². The molecule has 0 aliphatic carbocycles. The van der Waals surface area contributed by atoms with Crippen molar-refractivity contribution in [1.82, 2.24) is 14.7 Å². The van der Waals surface area contributed by atoms with Crippen LogP contribution in [0.1, 0.15) is 42.9 Å². The summed E-state index contributed by atoms with van der Waals surface area (Å²) in [5.41, 5.74) is 7.34. The molecule has 6 heteroatoms. The van der Waals surface area contributed by atoms with Crippen molar-refractivity contribution in [2.45, 2.75) is 39.7 Å². The van der Waals surface area contributed by atoms with Crippen molar-refractivity contribution < 1.29 is 4.79 Å². The van der Waals surface area contributed by atoms with E-state index in [0.29, 0.717) is 17.2 Å². The summed E-state index contributed by atoms with van der Waals surface area (Å²) in [5.74, 6) is 0.344. The van der Waals surface area contributed by atoms with E-state index in [1.54, 1.807) is 4.68 Å². The van der Waals surface area contributed by atoms with Gasteiger partial charge in [0.05, 0.1) is 10.7 Å². The average Bonchev–Trinajstić information content (AvgIpc) is 2.90. The number of hydrogen-bond acceptors (Lipinski definition) is 3. The Hall–Kier alpha value is -1.43. The number of carbonyl (C=O) groups excluding carboxylic acids is 1. The molecule has 1 aromatic heterocycles. The molecule has 2 N–H and O–H groups in total. The molecular weight excluding hydrogens is 272 g/mol. The Kier molecular flexibility index (Phi) is 4.75. The third-order valence-corrected chi connectivity index (χ3v) is 4.23. The average molecular weight is 294 g/mol. The second-order valence-electron chi connectivity index (χ2n) is 5.16. The van der Waals surface area contributed by atoms with Crippen LogP contribution in [0, 0.1) is 5.92 Å². The number of rotatable bonds is 4. The van der Waals surface area contributed by atoms with Crippen LogP contribution in [-0.4, -0.2) is 38.7 Å². The summed E-state index contributed by atoms with van der Waals surface area (Å²) in [6, 6.07) is 1.91. The molecule has 1 saturated heterocycles. The highest BCUT2D eigenvalue weighted by molar-refractivity contribution is 7.80. The Morgan fingerprint density at radius 3 is 2.60 bits per heavy atom. The van der Waals surface area contributed by atoms with Gasteiger partial charge in [0.25, 0.3) is 5.91 Å². The van der Waals surface area contributed by atoms with Gasteiger partial charge in [-0.1, -0.05) is 19.1 Å². The van der Waals surface area contributed by atoms with E-state index in [1.807, 2.05) is 24.8 Å². The molecule has 1 aliphatic rings. The fourth-order valence-corrected chi connectivity index (χ4v) is 2.82. The van der Waals surface area contributed by atoms with E-state index >= 15 is 0 Å². The minimum absolute atomic E-state index is 0.0699. The third kappa shape index (κ3) is 3.00. The molecule has 1 aromatic rings. The van der Waals surface area contributed by atoms with Crippen LogP contribution in [0.15, 0.2) is 6.07 Å². The van der Waals surface area contributed by atoms with Crippen molar-refractivity contribution in [3.05, 3.63) is 17.5 Å². The molecule has 1 amide bonds. The van der Waals surface area contributed by atoms with E-state index < -0.39 is 0 Å². The highest BCUT2D eigenvalue weighted by Crippen LogP contribution is 2.19. The van der Waals surface area contributed by atoms with Gasteiger partial charge in [-0.25, -0.2) is 0 Å². The third-order valence-electron chi connectivity index (χ3n) is 3.90. The maximum Gasteiger partial charge on any atom is 0.272 e. The number of nitrogens with two attached hydrogens (primary N) is 1. The van der Waals surface area contributed by atoms with Crippen LogP contribution in [0.3, 0.4) is 0 Å². The molecule has 0 bridgehead atoms. The first-order valence-electron chi connectivity index (χ1n) is 7.22. The molecule has 0 unspecified atom stereocenters. The number of piperidine rings is 1. The topological polar surface area (TPSA) is 64.2 Å². The van der Waals surface area contributed by atoms with Gasteiger partial charge in [-0.05, 0) is 32.3 Å². The minimum atomic E-state index is 0.0699. The van der Waals surface area contributed by atoms with Crippen molar-refractivity contribution >= 4 is 23.1 Å². The highest BCUT2D eigenvalue weighted by atomic mass is 32.1. The number of aromatic nitrogens is 2. The standard InChI is InChI=1S/C14H22N4OS/c1-3-11-9-12(18(4-2)16-11)14(19)17-7-5-10(6-8-17)13(15)20/h9-10H,3-8H2,1-2H3,(H2,15,20). The van der Waals surface area contributed by atoms with E-state index in [9.17, 15) is 4.79 Å². The van der Waals surface area contributed by atoms with Crippen LogP contribution in [0.2, 0.25) is 0 Å². The minimum Gasteiger partial charge on any atom is -0.393 e. The molecular formula is C14H22N4OS. The summed E-state index contributed by atoms with van der Waals surface area (Å²) in [4.78, 5) is 15.0. The van der Waals surface area contributed by atoms with Gasteiger partial charge in [-0.3, -0.25) is 9.48 Å². The maximum absolute atomic E-state index is 12.6. The van der Waals surface area contributed by atoms with E-state index in [4.69, 9.17) is 18.0 Å². The van der Waals surface area contributed by atoms with Gasteiger partial charge >= 0.3 is 0 Å². The van der Waals surface area contributed by atoms with Gasteiger partial charge in [0, 0.05) is 25.6 Å². The largest absolute Gasteiger partial charge is 0.393 e. The first kappa shape index (κ1) is 15.0. The van der Waals surface area contributed by atoms with Gasteiger partial charge in [0.15, 0.2) is 0 Å². The molecule has 5 nitrogen and oxygen atoms in total. The Bertz CT molecular complexity index is 503. The SMILES string of the molecule is CCc1cc(C(=O)N2CCC(C(N)=S)CC2)n(CC)n1. The monoisotopic (exact) mass is 294 g/mol. The zero-order valence-electron chi connectivity index (χ0n) is 12.1. The lowest BCUT2D eigenvalue weighted by Crippen LogP contribution is -2.42. The lowest BCUT2D eigenvalue weighted by Gasteiger charge is -2.31. The fraction of sp³-hybridized carbons (Fsp3) is 0.643. The Morgan fingerprint density at radius 1 is 1.45 bits per heavy atom. The molecule has 0 aromatic carbocycles. The van der Waals surface area contributed by atoms with Crippen molar-refractivity contribution in [3.8, 4) is 0 Å². The summed E-state index contributed by atoms with van der Waals surface area (Å²) in [7, 11) is 0. The van der Waals surface area contributed by atoms with Gasteiger partial charge in [-0.2, -0.15) is 5.10 Å². The number of likely N-dealkylation sites (tertiary alicyclic amines) is 1. The van der Waals surface area contributed by atoms with Crippen LogP contribution in [0.4, 0.5) is 0 Å². The van der Waals surface area contributed by atoms with Crippen molar-refractivity contribution in [3.63, 3.8) is 0 Å². The number of hydrogen-bond donors (Lipinski definition) is 1. The fourth-order valence-electron chi connectivity index (χ4n) is 2.59. The van der Waals surface area contributed by atoms with Gasteiger partial charge in [0.1, 0.15) is 5.69 Å². The Labute approximate surface area is 125 Å². The van der Waals surface area contributed by atoms with Crippen LogP contribution in [0.25, 0.3) is 0 Å². The molecule has 2 heterocycles. The maximum atomic E-state index is 12.6. The number of thiocarbonyl (C=S) groups is 1. The molecule has 0 atom stereocenters. The lowest BCUT2D eigenvalue weighted by molar-refractivity contribution is 0.0698. The zero-order valence-corrected chi connectivity index (χ0v) is 12.9. The normalized spacial score (nSPS) is 16.4. The van der Waals surface area contributed by atoms with Crippen LogP contribution < -0.4 is 5.73 Å². The number of aryl methyl sites for hydroxylation is 2. The van der Waals surface area contributed by atoms with E-state index in [2.05, 4.69) is 5.10 Å². The zero-order chi connectivity index (χ0) is 14.7. The lowest BCUT2D eigenvalue weighted by atomic mass is 9.97. The van der Waals surface area contributed by atoms with Crippen LogP contribution in [-0.2, 0) is 13.0 Å². The molecule has 1 fully saturated rings. The summed E-state index contributed by atoms with van der Waals surface area (Å²) >= 11 is 5.03. The molecule has 0 radical (unpaired) electrons. The number of nitrogens with zero attached hydrogens (tertiary/aromatic N) is 3. The predicted octanol–water partition coefficient (Wildman–Crippen LogP) is 1.60. The first-order chi connectivity index (χ1) is 9.56. The van der Waals surface area contributed by atoms with Crippen molar-refractivity contribution in [1.29, 1.82) is 0 Å². The Balaban J connectivity index is 2.09. The molecule has 1 aliphatic heterocycles. The molecule has 110 valence electrons.